The lowest BCUT2D eigenvalue weighted by Gasteiger charge is -2.20. The van der Waals surface area contributed by atoms with Crippen LogP contribution in [0.2, 0.25) is 0 Å². The van der Waals surface area contributed by atoms with Crippen molar-refractivity contribution < 1.29 is 0 Å². The lowest BCUT2D eigenvalue weighted by molar-refractivity contribution is 0.546. The SMILES string of the molecule is CCNc1nc(C(C)(C)C)nc(NN)c1C. The van der Waals surface area contributed by atoms with Crippen molar-refractivity contribution in [3.63, 3.8) is 0 Å². The molecular formula is C11H21N5. The van der Waals surface area contributed by atoms with E-state index in [0.717, 1.165) is 23.8 Å². The predicted molar refractivity (Wildman–Crippen MR) is 67.4 cm³/mol. The molecule has 0 saturated heterocycles. The Morgan fingerprint density at radius 3 is 2.19 bits per heavy atom. The van der Waals surface area contributed by atoms with E-state index < -0.39 is 0 Å². The Balaban J connectivity index is 3.28. The number of hydrogen-bond acceptors (Lipinski definition) is 5. The molecule has 0 saturated carbocycles. The monoisotopic (exact) mass is 223 g/mol. The van der Waals surface area contributed by atoms with E-state index in [-0.39, 0.29) is 5.41 Å². The van der Waals surface area contributed by atoms with Crippen molar-refractivity contribution >= 4 is 11.6 Å². The largest absolute Gasteiger partial charge is 0.370 e. The average molecular weight is 223 g/mol. The van der Waals surface area contributed by atoms with Gasteiger partial charge in [-0.1, -0.05) is 20.8 Å². The third kappa shape index (κ3) is 2.61. The number of anilines is 2. The van der Waals surface area contributed by atoms with Crippen molar-refractivity contribution in [2.75, 3.05) is 17.3 Å². The number of nitrogens with zero attached hydrogens (tertiary/aromatic N) is 2. The minimum absolute atomic E-state index is 0.0938. The van der Waals surface area contributed by atoms with Crippen molar-refractivity contribution in [3.8, 4) is 0 Å². The Morgan fingerprint density at radius 2 is 1.75 bits per heavy atom. The highest BCUT2D eigenvalue weighted by Gasteiger charge is 2.20. The minimum atomic E-state index is -0.0938. The van der Waals surface area contributed by atoms with Crippen molar-refractivity contribution in [1.29, 1.82) is 0 Å². The van der Waals surface area contributed by atoms with Crippen molar-refractivity contribution in [1.82, 2.24) is 9.97 Å². The molecule has 4 N–H and O–H groups in total. The fourth-order valence-corrected chi connectivity index (χ4v) is 1.33. The van der Waals surface area contributed by atoms with Crippen LogP contribution in [0.15, 0.2) is 0 Å². The van der Waals surface area contributed by atoms with E-state index in [1.54, 1.807) is 0 Å². The third-order valence-electron chi connectivity index (χ3n) is 2.30. The van der Waals surface area contributed by atoms with Gasteiger partial charge in [0.15, 0.2) is 0 Å². The van der Waals surface area contributed by atoms with E-state index >= 15 is 0 Å². The summed E-state index contributed by atoms with van der Waals surface area (Å²) in [4.78, 5) is 8.94. The van der Waals surface area contributed by atoms with Crippen LogP contribution in [0.4, 0.5) is 11.6 Å². The molecule has 0 unspecified atom stereocenters. The predicted octanol–water partition coefficient (Wildman–Crippen LogP) is 1.80. The molecule has 0 radical (unpaired) electrons. The van der Waals surface area contributed by atoms with E-state index in [1.165, 1.54) is 0 Å². The van der Waals surface area contributed by atoms with Gasteiger partial charge in [0, 0.05) is 17.5 Å². The van der Waals surface area contributed by atoms with Crippen LogP contribution >= 0.6 is 0 Å². The topological polar surface area (TPSA) is 75.9 Å². The second kappa shape index (κ2) is 4.65. The lowest BCUT2D eigenvalue weighted by Crippen LogP contribution is -2.21. The van der Waals surface area contributed by atoms with Gasteiger partial charge in [-0.3, -0.25) is 0 Å². The number of aromatic nitrogens is 2. The summed E-state index contributed by atoms with van der Waals surface area (Å²) in [5.74, 6) is 7.76. The van der Waals surface area contributed by atoms with Gasteiger partial charge in [0.1, 0.15) is 17.5 Å². The molecule has 1 aromatic rings. The molecule has 90 valence electrons. The highest BCUT2D eigenvalue weighted by Crippen LogP contribution is 2.25. The Kier molecular flexibility index (Phi) is 3.70. The first-order valence-electron chi connectivity index (χ1n) is 5.49. The summed E-state index contributed by atoms with van der Waals surface area (Å²) < 4.78 is 0. The molecule has 0 aromatic carbocycles. The van der Waals surface area contributed by atoms with Gasteiger partial charge in [-0.25, -0.2) is 15.8 Å². The summed E-state index contributed by atoms with van der Waals surface area (Å²) in [5, 5.41) is 3.22. The zero-order chi connectivity index (χ0) is 12.3. The third-order valence-corrected chi connectivity index (χ3v) is 2.30. The first-order valence-corrected chi connectivity index (χ1v) is 5.49. The maximum Gasteiger partial charge on any atom is 0.148 e. The molecular weight excluding hydrogens is 202 g/mol. The average Bonchev–Trinajstić information content (AvgIpc) is 2.19. The molecule has 0 aliphatic carbocycles. The summed E-state index contributed by atoms with van der Waals surface area (Å²) in [6.45, 7) is 11.0. The maximum absolute atomic E-state index is 5.46. The smallest absolute Gasteiger partial charge is 0.148 e. The molecule has 5 nitrogen and oxygen atoms in total. The van der Waals surface area contributed by atoms with Crippen LogP contribution in [-0.4, -0.2) is 16.5 Å². The standard InChI is InChI=1S/C11H21N5/c1-6-13-8-7(2)9(16-12)15-10(14-8)11(3,4)5/h6,12H2,1-5H3,(H2,13,14,15,16). The molecule has 0 fully saturated rings. The van der Waals surface area contributed by atoms with Gasteiger partial charge < -0.3 is 10.7 Å². The molecule has 1 rings (SSSR count). The van der Waals surface area contributed by atoms with E-state index in [9.17, 15) is 0 Å². The van der Waals surface area contributed by atoms with Gasteiger partial charge >= 0.3 is 0 Å². The molecule has 0 aliphatic heterocycles. The van der Waals surface area contributed by atoms with Gasteiger partial charge in [0.25, 0.3) is 0 Å². The highest BCUT2D eigenvalue weighted by atomic mass is 15.3. The number of rotatable bonds is 3. The van der Waals surface area contributed by atoms with Crippen LogP contribution in [0.25, 0.3) is 0 Å². The number of nitrogens with one attached hydrogen (secondary N) is 2. The number of hydrazine groups is 1. The van der Waals surface area contributed by atoms with Crippen molar-refractivity contribution in [2.45, 2.75) is 40.0 Å². The molecule has 0 bridgehead atoms. The van der Waals surface area contributed by atoms with E-state index in [4.69, 9.17) is 5.84 Å². The highest BCUT2D eigenvalue weighted by molar-refractivity contribution is 5.57. The van der Waals surface area contributed by atoms with Crippen LogP contribution < -0.4 is 16.6 Å². The van der Waals surface area contributed by atoms with Gasteiger partial charge in [-0.2, -0.15) is 0 Å². The number of nitrogens with two attached hydrogens (primary N) is 1. The summed E-state index contributed by atoms with van der Waals surface area (Å²) in [6.07, 6.45) is 0. The summed E-state index contributed by atoms with van der Waals surface area (Å²) >= 11 is 0. The second-order valence-corrected chi connectivity index (χ2v) is 4.79. The fraction of sp³-hybridized carbons (Fsp3) is 0.636. The first kappa shape index (κ1) is 12.7. The summed E-state index contributed by atoms with van der Waals surface area (Å²) in [6, 6.07) is 0. The normalized spacial score (nSPS) is 11.4. The fourth-order valence-electron chi connectivity index (χ4n) is 1.33. The molecule has 0 spiro atoms. The van der Waals surface area contributed by atoms with Crippen molar-refractivity contribution in [3.05, 3.63) is 11.4 Å². The van der Waals surface area contributed by atoms with Crippen LogP contribution in [0, 0.1) is 6.92 Å². The minimum Gasteiger partial charge on any atom is -0.370 e. The quantitative estimate of drug-likeness (QED) is 0.538. The van der Waals surface area contributed by atoms with Gasteiger partial charge in [-0.05, 0) is 13.8 Å². The van der Waals surface area contributed by atoms with Crippen LogP contribution in [0.3, 0.4) is 0 Å². The molecule has 0 aliphatic rings. The molecule has 1 heterocycles. The van der Waals surface area contributed by atoms with Gasteiger partial charge in [-0.15, -0.1) is 0 Å². The maximum atomic E-state index is 5.46. The van der Waals surface area contributed by atoms with Crippen molar-refractivity contribution in [2.24, 2.45) is 5.84 Å². The van der Waals surface area contributed by atoms with E-state index in [2.05, 4.69) is 41.5 Å². The Labute approximate surface area is 96.8 Å². The summed E-state index contributed by atoms with van der Waals surface area (Å²) in [5.41, 5.74) is 3.46. The van der Waals surface area contributed by atoms with E-state index in [0.29, 0.717) is 5.82 Å². The first-order chi connectivity index (χ1) is 7.40. The Hall–Kier alpha value is -1.36. The Bertz CT molecular complexity index is 367. The van der Waals surface area contributed by atoms with Crippen LogP contribution in [-0.2, 0) is 5.41 Å². The number of hydrogen-bond donors (Lipinski definition) is 3. The zero-order valence-corrected chi connectivity index (χ0v) is 10.7. The molecule has 5 heteroatoms. The molecule has 16 heavy (non-hydrogen) atoms. The van der Waals surface area contributed by atoms with Crippen LogP contribution in [0.5, 0.6) is 0 Å². The Morgan fingerprint density at radius 1 is 1.19 bits per heavy atom. The van der Waals surface area contributed by atoms with Crippen LogP contribution in [0.1, 0.15) is 39.1 Å². The second-order valence-electron chi connectivity index (χ2n) is 4.79. The molecule has 0 atom stereocenters. The van der Waals surface area contributed by atoms with Gasteiger partial charge in [0.2, 0.25) is 0 Å². The van der Waals surface area contributed by atoms with Gasteiger partial charge in [0.05, 0.1) is 0 Å². The molecule has 0 amide bonds. The summed E-state index contributed by atoms with van der Waals surface area (Å²) in [7, 11) is 0. The number of nitrogen functional groups attached to an aromatic ring is 1. The molecule has 1 aromatic heterocycles. The van der Waals surface area contributed by atoms with E-state index in [1.807, 2.05) is 13.8 Å². The lowest BCUT2D eigenvalue weighted by atomic mass is 9.95. The zero-order valence-electron chi connectivity index (χ0n) is 10.7.